The Balaban J connectivity index is 2.21. The molecule has 2 heterocycles. The van der Waals surface area contributed by atoms with Gasteiger partial charge in [0.25, 0.3) is 5.56 Å². The average molecular weight is 283 g/mol. The molecule has 0 bridgehead atoms. The van der Waals surface area contributed by atoms with E-state index in [1.165, 1.54) is 10.8 Å². The predicted molar refractivity (Wildman–Crippen MR) is 73.5 cm³/mol. The van der Waals surface area contributed by atoms with Crippen LogP contribution in [0.1, 0.15) is 38.0 Å². The van der Waals surface area contributed by atoms with Gasteiger partial charge in [0, 0.05) is 18.2 Å². The lowest BCUT2D eigenvalue weighted by Gasteiger charge is -2.16. The maximum Gasteiger partial charge on any atom is 0.330 e. The number of nitrogens with two attached hydrogens (primary N) is 1. The summed E-state index contributed by atoms with van der Waals surface area (Å²) >= 11 is 0. The molecular formula is C13H21N3O4. The Hall–Kier alpha value is -1.44. The van der Waals surface area contributed by atoms with E-state index in [4.69, 9.17) is 10.5 Å². The Labute approximate surface area is 116 Å². The van der Waals surface area contributed by atoms with Gasteiger partial charge in [-0.2, -0.15) is 0 Å². The zero-order valence-electron chi connectivity index (χ0n) is 11.5. The summed E-state index contributed by atoms with van der Waals surface area (Å²) in [5, 5.41) is 9.97. The zero-order valence-corrected chi connectivity index (χ0v) is 11.5. The molecule has 0 amide bonds. The minimum absolute atomic E-state index is 0.313. The molecule has 1 aliphatic rings. The van der Waals surface area contributed by atoms with Crippen molar-refractivity contribution >= 4 is 0 Å². The summed E-state index contributed by atoms with van der Waals surface area (Å²) in [7, 11) is 0. The van der Waals surface area contributed by atoms with Crippen molar-refractivity contribution in [3.05, 3.63) is 32.6 Å². The van der Waals surface area contributed by atoms with Crippen molar-refractivity contribution in [2.45, 2.75) is 51.0 Å². The molecule has 20 heavy (non-hydrogen) atoms. The second-order valence-electron chi connectivity index (χ2n) is 5.04. The number of aryl methyl sites for hydroxylation is 1. The van der Waals surface area contributed by atoms with Gasteiger partial charge in [-0.15, -0.1) is 0 Å². The van der Waals surface area contributed by atoms with Crippen LogP contribution in [0.3, 0.4) is 0 Å². The Morgan fingerprint density at radius 3 is 2.95 bits per heavy atom. The summed E-state index contributed by atoms with van der Waals surface area (Å²) in [6.45, 7) is 2.38. The highest BCUT2D eigenvalue weighted by molar-refractivity contribution is 5.04. The van der Waals surface area contributed by atoms with Crippen LogP contribution in [0.15, 0.2) is 15.8 Å². The van der Waals surface area contributed by atoms with Gasteiger partial charge >= 0.3 is 5.69 Å². The number of H-pyrrole nitrogens is 1. The minimum Gasteiger partial charge on any atom is -0.390 e. The number of aliphatic hydroxyl groups excluding tert-OH is 1. The van der Waals surface area contributed by atoms with Crippen molar-refractivity contribution in [1.82, 2.24) is 9.55 Å². The molecule has 4 N–H and O–H groups in total. The van der Waals surface area contributed by atoms with Gasteiger partial charge in [0.2, 0.25) is 0 Å². The fraction of sp³-hybridized carbons (Fsp3) is 0.692. The molecule has 2 rings (SSSR count). The smallest absolute Gasteiger partial charge is 0.330 e. The largest absolute Gasteiger partial charge is 0.390 e. The summed E-state index contributed by atoms with van der Waals surface area (Å²) in [6.07, 6.45) is 2.34. The number of ether oxygens (including phenoxy) is 1. The Bertz CT molecular complexity index is 565. The van der Waals surface area contributed by atoms with Gasteiger partial charge in [-0.05, 0) is 25.8 Å². The van der Waals surface area contributed by atoms with Gasteiger partial charge in [-0.3, -0.25) is 14.3 Å². The van der Waals surface area contributed by atoms with Crippen molar-refractivity contribution in [3.63, 3.8) is 0 Å². The van der Waals surface area contributed by atoms with E-state index in [9.17, 15) is 14.7 Å². The molecule has 0 aromatic carbocycles. The Morgan fingerprint density at radius 1 is 1.55 bits per heavy atom. The van der Waals surface area contributed by atoms with Gasteiger partial charge in [0.05, 0.1) is 12.2 Å². The van der Waals surface area contributed by atoms with E-state index in [0.29, 0.717) is 31.4 Å². The van der Waals surface area contributed by atoms with Gasteiger partial charge in [-0.25, -0.2) is 4.79 Å². The molecule has 1 aromatic rings. The normalized spacial score (nSPS) is 26.1. The van der Waals surface area contributed by atoms with Crippen LogP contribution in [-0.4, -0.2) is 33.4 Å². The van der Waals surface area contributed by atoms with Crippen molar-refractivity contribution in [2.24, 2.45) is 5.73 Å². The number of nitrogens with one attached hydrogen (secondary N) is 1. The van der Waals surface area contributed by atoms with Crippen molar-refractivity contribution < 1.29 is 9.84 Å². The molecule has 7 heteroatoms. The lowest BCUT2D eigenvalue weighted by molar-refractivity contribution is -0.0248. The summed E-state index contributed by atoms with van der Waals surface area (Å²) in [5.74, 6) is 0. The summed E-state index contributed by atoms with van der Waals surface area (Å²) in [5.41, 5.74) is 5.09. The molecule has 1 unspecified atom stereocenters. The SMILES string of the molecule is CCc1cn([C@@H]2CC(O)[C@H](CCCN)O2)c(=O)[nH]c1=O. The predicted octanol–water partition coefficient (Wildman–Crippen LogP) is -0.514. The zero-order chi connectivity index (χ0) is 14.7. The van der Waals surface area contributed by atoms with E-state index < -0.39 is 18.0 Å². The molecule has 112 valence electrons. The van der Waals surface area contributed by atoms with Crippen LogP contribution in [-0.2, 0) is 11.2 Å². The van der Waals surface area contributed by atoms with Crippen molar-refractivity contribution in [2.75, 3.05) is 6.54 Å². The fourth-order valence-electron chi connectivity index (χ4n) is 2.46. The van der Waals surface area contributed by atoms with E-state index in [0.717, 1.165) is 6.42 Å². The van der Waals surface area contributed by atoms with Crippen LogP contribution in [0, 0.1) is 0 Å². The minimum atomic E-state index is -0.615. The molecule has 1 aliphatic heterocycles. The van der Waals surface area contributed by atoms with Crippen LogP contribution < -0.4 is 17.0 Å². The quantitative estimate of drug-likeness (QED) is 0.674. The first-order valence-corrected chi connectivity index (χ1v) is 6.94. The molecule has 0 aliphatic carbocycles. The Morgan fingerprint density at radius 2 is 2.30 bits per heavy atom. The third kappa shape index (κ3) is 3.00. The van der Waals surface area contributed by atoms with Gasteiger partial charge < -0.3 is 15.6 Å². The highest BCUT2D eigenvalue weighted by atomic mass is 16.5. The second-order valence-corrected chi connectivity index (χ2v) is 5.04. The monoisotopic (exact) mass is 283 g/mol. The molecular weight excluding hydrogens is 262 g/mol. The van der Waals surface area contributed by atoms with E-state index in [1.54, 1.807) is 0 Å². The van der Waals surface area contributed by atoms with E-state index >= 15 is 0 Å². The third-order valence-corrected chi connectivity index (χ3v) is 3.63. The van der Waals surface area contributed by atoms with Crippen LogP contribution >= 0.6 is 0 Å². The molecule has 1 fully saturated rings. The number of nitrogens with zero attached hydrogens (tertiary/aromatic N) is 1. The molecule has 7 nitrogen and oxygen atoms in total. The lowest BCUT2D eigenvalue weighted by atomic mass is 10.1. The summed E-state index contributed by atoms with van der Waals surface area (Å²) in [6, 6.07) is 0. The molecule has 1 aromatic heterocycles. The molecule has 0 radical (unpaired) electrons. The number of rotatable bonds is 5. The number of hydrogen-bond acceptors (Lipinski definition) is 5. The summed E-state index contributed by atoms with van der Waals surface area (Å²) < 4.78 is 7.07. The highest BCUT2D eigenvalue weighted by Gasteiger charge is 2.34. The number of aromatic nitrogens is 2. The van der Waals surface area contributed by atoms with Crippen LogP contribution in [0.25, 0.3) is 0 Å². The van der Waals surface area contributed by atoms with Gasteiger partial charge in [-0.1, -0.05) is 6.92 Å². The van der Waals surface area contributed by atoms with Crippen molar-refractivity contribution in [3.8, 4) is 0 Å². The highest BCUT2D eigenvalue weighted by Crippen LogP contribution is 2.29. The molecule has 0 saturated carbocycles. The van der Waals surface area contributed by atoms with Gasteiger partial charge in [0.1, 0.15) is 6.23 Å². The van der Waals surface area contributed by atoms with Crippen molar-refractivity contribution in [1.29, 1.82) is 0 Å². The third-order valence-electron chi connectivity index (χ3n) is 3.63. The van der Waals surface area contributed by atoms with Crippen LogP contribution in [0.5, 0.6) is 0 Å². The van der Waals surface area contributed by atoms with Crippen LogP contribution in [0.2, 0.25) is 0 Å². The molecule has 3 atom stereocenters. The maximum atomic E-state index is 11.8. The lowest BCUT2D eigenvalue weighted by Crippen LogP contribution is -2.34. The number of aromatic amines is 1. The fourth-order valence-corrected chi connectivity index (χ4v) is 2.46. The molecule has 1 saturated heterocycles. The van der Waals surface area contributed by atoms with E-state index in [-0.39, 0.29) is 11.7 Å². The first-order valence-electron chi connectivity index (χ1n) is 6.94. The number of hydrogen-bond donors (Lipinski definition) is 3. The first-order chi connectivity index (χ1) is 9.56. The van der Waals surface area contributed by atoms with E-state index in [2.05, 4.69) is 4.98 Å². The van der Waals surface area contributed by atoms with Crippen LogP contribution in [0.4, 0.5) is 0 Å². The average Bonchev–Trinajstić information content (AvgIpc) is 2.77. The standard InChI is InChI=1S/C13H21N3O4/c1-2-8-7-16(13(19)15-12(8)18)11-6-9(17)10(20-11)4-3-5-14/h7,9-11,17H,2-6,14H2,1H3,(H,15,18,19)/t9?,10-,11-/m0/s1. The van der Waals surface area contributed by atoms with E-state index in [1.807, 2.05) is 6.92 Å². The first kappa shape index (κ1) is 15.0. The maximum absolute atomic E-state index is 11.8. The number of aliphatic hydroxyl groups is 1. The summed E-state index contributed by atoms with van der Waals surface area (Å²) in [4.78, 5) is 25.7. The second kappa shape index (κ2) is 6.34. The van der Waals surface area contributed by atoms with Gasteiger partial charge in [0.15, 0.2) is 0 Å². The molecule has 0 spiro atoms. The topological polar surface area (TPSA) is 110 Å². The Kier molecular flexibility index (Phi) is 4.74.